The molecule has 0 atom stereocenters. The Morgan fingerprint density at radius 1 is 1.28 bits per heavy atom. The number of carbonyl (C=O) groups excluding carboxylic acids is 1. The topological polar surface area (TPSA) is 97.1 Å². The van der Waals surface area contributed by atoms with E-state index in [0.717, 1.165) is 0 Å². The van der Waals surface area contributed by atoms with E-state index in [1.54, 1.807) is 37.4 Å². The molecule has 148 valence electrons. The number of hydrogen-bond acceptors (Lipinski definition) is 4. The van der Waals surface area contributed by atoms with Crippen molar-refractivity contribution in [3.05, 3.63) is 74.1 Å². The minimum atomic E-state index is -1.19. The number of halogens is 3. The van der Waals surface area contributed by atoms with Gasteiger partial charge in [-0.1, -0.05) is 23.2 Å². The lowest BCUT2D eigenvalue weighted by Gasteiger charge is -2.11. The van der Waals surface area contributed by atoms with E-state index in [0.29, 0.717) is 26.7 Å². The molecule has 0 aliphatic carbocycles. The molecule has 1 aromatic carbocycles. The maximum Gasteiger partial charge on any atom is 0.337 e. The quantitative estimate of drug-likeness (QED) is 0.485. The van der Waals surface area contributed by atoms with Gasteiger partial charge in [-0.15, -0.1) is 0 Å². The molecule has 0 saturated carbocycles. The van der Waals surface area contributed by atoms with Crippen LogP contribution in [0.25, 0.3) is 11.9 Å². The molecule has 3 rings (SSSR count). The van der Waals surface area contributed by atoms with Crippen molar-refractivity contribution in [3.63, 3.8) is 0 Å². The summed E-state index contributed by atoms with van der Waals surface area (Å²) in [6.07, 6.45) is 4.36. The number of pyridine rings is 1. The van der Waals surface area contributed by atoms with Crippen molar-refractivity contribution in [2.75, 3.05) is 5.32 Å². The third kappa shape index (κ3) is 4.84. The first kappa shape index (κ1) is 21.0. The van der Waals surface area contributed by atoms with Gasteiger partial charge in [0.05, 0.1) is 22.0 Å². The Morgan fingerprint density at radius 3 is 2.72 bits per heavy atom. The summed E-state index contributed by atoms with van der Waals surface area (Å²) in [6.45, 7) is 1.66. The lowest BCUT2D eigenvalue weighted by atomic mass is 10.1. The summed E-state index contributed by atoms with van der Waals surface area (Å²) in [5, 5.41) is 16.9. The van der Waals surface area contributed by atoms with E-state index >= 15 is 0 Å². The number of aryl methyl sites for hydroxylation is 1. The Labute approximate surface area is 184 Å². The van der Waals surface area contributed by atoms with E-state index in [1.165, 1.54) is 22.9 Å². The average molecular weight is 496 g/mol. The van der Waals surface area contributed by atoms with Crippen molar-refractivity contribution in [2.24, 2.45) is 0 Å². The molecule has 1 amide bonds. The summed E-state index contributed by atoms with van der Waals surface area (Å²) in [5.74, 6) is -1.31. The van der Waals surface area contributed by atoms with Gasteiger partial charge in [-0.3, -0.25) is 4.79 Å². The van der Waals surface area contributed by atoms with Crippen LogP contribution in [0.15, 0.2) is 47.2 Å². The van der Waals surface area contributed by atoms with Crippen LogP contribution < -0.4 is 5.32 Å². The highest BCUT2D eigenvalue weighted by Gasteiger charge is 2.16. The predicted octanol–water partition coefficient (Wildman–Crippen LogP) is 5.00. The van der Waals surface area contributed by atoms with E-state index in [4.69, 9.17) is 23.2 Å². The van der Waals surface area contributed by atoms with E-state index in [2.05, 4.69) is 31.3 Å². The second-order valence-electron chi connectivity index (χ2n) is 5.89. The van der Waals surface area contributed by atoms with Gasteiger partial charge in [0, 0.05) is 17.3 Å². The molecule has 0 saturated heterocycles. The van der Waals surface area contributed by atoms with Gasteiger partial charge in [0.25, 0.3) is 0 Å². The molecule has 0 unspecified atom stereocenters. The van der Waals surface area contributed by atoms with E-state index in [-0.39, 0.29) is 16.3 Å². The van der Waals surface area contributed by atoms with Crippen LogP contribution in [0.1, 0.15) is 21.6 Å². The van der Waals surface area contributed by atoms with E-state index < -0.39 is 11.9 Å². The maximum absolute atomic E-state index is 12.4. The fraction of sp³-hybridized carbons (Fsp3) is 0.0526. The Bertz CT molecular complexity index is 1140. The Kier molecular flexibility index (Phi) is 6.36. The number of hydrogen-bond donors (Lipinski definition) is 2. The molecule has 0 bridgehead atoms. The molecule has 2 heterocycles. The van der Waals surface area contributed by atoms with Crippen LogP contribution in [0.4, 0.5) is 5.69 Å². The molecular formula is C19H13BrCl2N4O3. The average Bonchev–Trinajstić information content (AvgIpc) is 3.02. The molecular weight excluding hydrogens is 483 g/mol. The largest absolute Gasteiger partial charge is 0.478 e. The van der Waals surface area contributed by atoms with E-state index in [9.17, 15) is 14.7 Å². The van der Waals surface area contributed by atoms with Crippen molar-refractivity contribution in [1.29, 1.82) is 0 Å². The number of anilines is 1. The zero-order valence-electron chi connectivity index (χ0n) is 14.9. The smallest absolute Gasteiger partial charge is 0.337 e. The number of carboxylic acids is 1. The molecule has 0 aliphatic rings. The minimum Gasteiger partial charge on any atom is -0.478 e. The van der Waals surface area contributed by atoms with Gasteiger partial charge >= 0.3 is 5.97 Å². The summed E-state index contributed by atoms with van der Waals surface area (Å²) in [4.78, 5) is 28.1. The Balaban J connectivity index is 1.89. The maximum atomic E-state index is 12.4. The number of aromatic carboxylic acids is 1. The highest BCUT2D eigenvalue weighted by atomic mass is 79.9. The summed E-state index contributed by atoms with van der Waals surface area (Å²) in [7, 11) is 0. The van der Waals surface area contributed by atoms with Crippen LogP contribution in [-0.4, -0.2) is 31.7 Å². The number of carbonyl (C=O) groups is 2. The first-order chi connectivity index (χ1) is 13.8. The lowest BCUT2D eigenvalue weighted by molar-refractivity contribution is -0.111. The number of aromatic nitrogens is 3. The molecule has 2 aromatic heterocycles. The molecule has 3 aromatic rings. The fourth-order valence-electron chi connectivity index (χ4n) is 2.59. The Hall–Kier alpha value is -2.68. The molecule has 0 radical (unpaired) electrons. The highest BCUT2D eigenvalue weighted by Crippen LogP contribution is 2.26. The molecule has 7 nitrogen and oxygen atoms in total. The van der Waals surface area contributed by atoms with Crippen LogP contribution in [-0.2, 0) is 4.79 Å². The van der Waals surface area contributed by atoms with Crippen LogP contribution in [0.3, 0.4) is 0 Å². The molecule has 10 heteroatoms. The summed E-state index contributed by atoms with van der Waals surface area (Å²) in [6, 6.07) is 7.91. The Morgan fingerprint density at radius 2 is 2.03 bits per heavy atom. The second kappa shape index (κ2) is 8.77. The summed E-state index contributed by atoms with van der Waals surface area (Å²) < 4.78 is 2.01. The van der Waals surface area contributed by atoms with Gasteiger partial charge in [-0.05, 0) is 64.8 Å². The SMILES string of the molecule is Cc1cc(Cl)cc(C(=O)O)c1NC(=O)/C=C/c1cc(Br)nn1-c1ncccc1Cl. The zero-order valence-corrected chi connectivity index (χ0v) is 18.0. The zero-order chi connectivity index (χ0) is 21.1. The highest BCUT2D eigenvalue weighted by molar-refractivity contribution is 9.10. The van der Waals surface area contributed by atoms with Crippen LogP contribution in [0.5, 0.6) is 0 Å². The first-order valence-electron chi connectivity index (χ1n) is 8.15. The number of nitrogens with one attached hydrogen (secondary N) is 1. The number of benzene rings is 1. The fourth-order valence-corrected chi connectivity index (χ4v) is 3.46. The first-order valence-corrected chi connectivity index (χ1v) is 9.70. The second-order valence-corrected chi connectivity index (χ2v) is 7.54. The van der Waals surface area contributed by atoms with Crippen molar-refractivity contribution >= 4 is 62.8 Å². The van der Waals surface area contributed by atoms with E-state index in [1.807, 2.05) is 0 Å². The van der Waals surface area contributed by atoms with Crippen molar-refractivity contribution in [2.45, 2.75) is 6.92 Å². The van der Waals surface area contributed by atoms with Crippen LogP contribution >= 0.6 is 39.1 Å². The standard InChI is InChI=1S/C19H13BrCl2N4O3/c1-10-7-11(21)8-13(19(28)29)17(10)24-16(27)5-4-12-9-15(20)25-26(12)18-14(22)3-2-6-23-18/h2-9H,1H3,(H,24,27)(H,28,29)/b5-4+. The van der Waals surface area contributed by atoms with Gasteiger partial charge in [-0.25, -0.2) is 14.5 Å². The van der Waals surface area contributed by atoms with Gasteiger partial charge in [-0.2, -0.15) is 5.10 Å². The number of nitrogens with zero attached hydrogens (tertiary/aromatic N) is 3. The van der Waals surface area contributed by atoms with Crippen molar-refractivity contribution in [1.82, 2.24) is 14.8 Å². The third-order valence-corrected chi connectivity index (χ3v) is 4.73. The van der Waals surface area contributed by atoms with Crippen LogP contribution in [0, 0.1) is 6.92 Å². The number of amides is 1. The molecule has 0 aliphatic heterocycles. The molecule has 0 spiro atoms. The van der Waals surface area contributed by atoms with Crippen molar-refractivity contribution in [3.8, 4) is 5.82 Å². The lowest BCUT2D eigenvalue weighted by Crippen LogP contribution is -2.13. The number of carboxylic acid groups (broad SMARTS) is 1. The third-order valence-electron chi connectivity index (χ3n) is 3.83. The summed E-state index contributed by atoms with van der Waals surface area (Å²) in [5.41, 5.74) is 1.16. The van der Waals surface area contributed by atoms with Crippen LogP contribution in [0.2, 0.25) is 10.0 Å². The minimum absolute atomic E-state index is 0.0928. The number of rotatable bonds is 5. The van der Waals surface area contributed by atoms with Crippen molar-refractivity contribution < 1.29 is 14.7 Å². The predicted molar refractivity (Wildman–Crippen MR) is 115 cm³/mol. The summed E-state index contributed by atoms with van der Waals surface area (Å²) >= 11 is 15.4. The van der Waals surface area contributed by atoms with Gasteiger partial charge in [0.2, 0.25) is 5.91 Å². The molecule has 0 fully saturated rings. The normalized spacial score (nSPS) is 11.0. The van der Waals surface area contributed by atoms with Gasteiger partial charge < -0.3 is 10.4 Å². The molecule has 2 N–H and O–H groups in total. The molecule has 29 heavy (non-hydrogen) atoms. The van der Waals surface area contributed by atoms with Gasteiger partial charge in [0.15, 0.2) is 5.82 Å². The monoisotopic (exact) mass is 494 g/mol. The van der Waals surface area contributed by atoms with Gasteiger partial charge in [0.1, 0.15) is 4.60 Å².